The van der Waals surface area contributed by atoms with E-state index in [0.717, 1.165) is 0 Å². The molecular weight excluding hydrogens is 114 g/mol. The van der Waals surface area contributed by atoms with Crippen LogP contribution in [-0.4, -0.2) is 34.5 Å². The molecule has 0 aliphatic carbocycles. The third-order valence-electron chi connectivity index (χ3n) is 0. The van der Waals surface area contributed by atoms with Crippen LogP contribution in [0.15, 0.2) is 0 Å². The van der Waals surface area contributed by atoms with Gasteiger partial charge in [-0.1, -0.05) is 0 Å². The fourth-order valence-corrected chi connectivity index (χ4v) is 0. The van der Waals surface area contributed by atoms with Crippen LogP contribution in [0.4, 0.5) is 0 Å². The monoisotopic (exact) mass is 123 g/mol. The summed E-state index contributed by atoms with van der Waals surface area (Å²) in [6, 6.07) is 0. The van der Waals surface area contributed by atoms with Gasteiger partial charge >= 0.3 is 11.6 Å². The zero-order chi connectivity index (χ0) is 6.28. The molecule has 0 aliphatic rings. The quantitative estimate of drug-likeness (QED) is 0.436. The van der Waals surface area contributed by atoms with E-state index in [0.29, 0.717) is 0 Å². The van der Waals surface area contributed by atoms with E-state index in [9.17, 15) is 0 Å². The van der Waals surface area contributed by atoms with Crippen molar-refractivity contribution in [3.8, 4) is 0 Å². The number of hydrogen-bond acceptors (Lipinski definition) is 3. The van der Waals surface area contributed by atoms with Gasteiger partial charge in [-0.05, 0) is 21.1 Å². The van der Waals surface area contributed by atoms with Crippen molar-refractivity contribution >= 4 is 11.6 Å². The van der Waals surface area contributed by atoms with Gasteiger partial charge < -0.3 is 4.90 Å². The summed E-state index contributed by atoms with van der Waals surface area (Å²) in [5, 5.41) is 0. The number of hydrogen-bond donors (Lipinski definition) is 0. The molecular formula is C3H9NO2S. The first-order valence-corrected chi connectivity index (χ1v) is 2.34. The van der Waals surface area contributed by atoms with Crippen LogP contribution < -0.4 is 0 Å². The maximum atomic E-state index is 8.29. The van der Waals surface area contributed by atoms with Crippen LogP contribution in [0.5, 0.6) is 0 Å². The lowest BCUT2D eigenvalue weighted by Gasteiger charge is -1.90. The van der Waals surface area contributed by atoms with Gasteiger partial charge in [0.2, 0.25) is 0 Å². The second-order valence-corrected chi connectivity index (χ2v) is 1.55. The average Bonchev–Trinajstić information content (AvgIpc) is 1.33. The van der Waals surface area contributed by atoms with Crippen LogP contribution in [0, 0.1) is 0 Å². The fraction of sp³-hybridized carbons (Fsp3) is 1.00. The maximum Gasteiger partial charge on any atom is 0.335 e. The molecule has 0 saturated carbocycles. The van der Waals surface area contributed by atoms with Gasteiger partial charge in [0.25, 0.3) is 0 Å². The molecule has 0 bridgehead atoms. The molecule has 7 heavy (non-hydrogen) atoms. The van der Waals surface area contributed by atoms with Crippen molar-refractivity contribution in [3.05, 3.63) is 0 Å². The molecule has 0 heterocycles. The van der Waals surface area contributed by atoms with Crippen LogP contribution in [0.2, 0.25) is 0 Å². The summed E-state index contributed by atoms with van der Waals surface area (Å²) in [5.41, 5.74) is 0. The van der Waals surface area contributed by atoms with Crippen LogP contribution in [-0.2, 0) is 11.6 Å². The summed E-state index contributed by atoms with van der Waals surface area (Å²) in [4.78, 5) is 2.00. The fourth-order valence-electron chi connectivity index (χ4n) is 0. The zero-order valence-electron chi connectivity index (χ0n) is 4.67. The molecule has 0 fully saturated rings. The van der Waals surface area contributed by atoms with E-state index in [1.165, 1.54) is 0 Å². The van der Waals surface area contributed by atoms with Crippen LogP contribution >= 0.6 is 0 Å². The van der Waals surface area contributed by atoms with Gasteiger partial charge in [0.1, 0.15) is 0 Å². The summed E-state index contributed by atoms with van der Waals surface area (Å²) in [6.45, 7) is 0. The number of rotatable bonds is 0. The molecule has 0 N–H and O–H groups in total. The highest BCUT2D eigenvalue weighted by Gasteiger charge is 1.58. The second kappa shape index (κ2) is 9.24. The lowest BCUT2D eigenvalue weighted by molar-refractivity contribution is 0.505. The summed E-state index contributed by atoms with van der Waals surface area (Å²) < 4.78 is 16.6. The first-order valence-electron chi connectivity index (χ1n) is 1.67. The van der Waals surface area contributed by atoms with Gasteiger partial charge in [-0.15, -0.1) is 0 Å². The largest absolute Gasteiger partial charge is 0.335 e. The molecule has 0 amide bonds. The Labute approximate surface area is 46.9 Å². The Hall–Kier alpha value is -0.220. The van der Waals surface area contributed by atoms with Crippen LogP contribution in [0.25, 0.3) is 0 Å². The Morgan fingerprint density at radius 2 is 1.14 bits per heavy atom. The van der Waals surface area contributed by atoms with E-state index < -0.39 is 11.6 Å². The minimum absolute atomic E-state index is 0.750. The second-order valence-electron chi connectivity index (χ2n) is 1.41. The number of nitrogens with zero attached hydrogens (tertiary/aromatic N) is 1. The first-order chi connectivity index (χ1) is 3.15. The summed E-state index contributed by atoms with van der Waals surface area (Å²) in [5.74, 6) is 0. The topological polar surface area (TPSA) is 37.4 Å². The van der Waals surface area contributed by atoms with E-state index in [-0.39, 0.29) is 0 Å². The van der Waals surface area contributed by atoms with Crippen molar-refractivity contribution in [2.45, 2.75) is 0 Å². The van der Waals surface area contributed by atoms with E-state index in [1.54, 1.807) is 0 Å². The highest BCUT2D eigenvalue weighted by Crippen LogP contribution is 1.47. The zero-order valence-corrected chi connectivity index (χ0v) is 5.49. The smallest absolute Gasteiger partial charge is 0.312 e. The molecule has 0 aromatic heterocycles. The minimum atomic E-state index is -0.750. The van der Waals surface area contributed by atoms with Crippen molar-refractivity contribution in [1.82, 2.24) is 4.90 Å². The molecule has 0 aliphatic heterocycles. The van der Waals surface area contributed by atoms with E-state index in [4.69, 9.17) is 8.42 Å². The lowest BCUT2D eigenvalue weighted by Crippen LogP contribution is -1.99. The van der Waals surface area contributed by atoms with Crippen LogP contribution in [0.1, 0.15) is 0 Å². The Bertz CT molecular complexity index is 55.2. The SMILES string of the molecule is CN(C)C.O=S=O. The maximum absolute atomic E-state index is 8.29. The van der Waals surface area contributed by atoms with Crippen molar-refractivity contribution in [2.24, 2.45) is 0 Å². The van der Waals surface area contributed by atoms with Crippen molar-refractivity contribution < 1.29 is 8.42 Å². The predicted molar refractivity (Wildman–Crippen MR) is 28.5 cm³/mol. The molecule has 0 rings (SSSR count). The molecule has 0 aromatic rings. The summed E-state index contributed by atoms with van der Waals surface area (Å²) in [7, 11) is 6.00. The summed E-state index contributed by atoms with van der Waals surface area (Å²) >= 11 is -0.750. The predicted octanol–water partition coefficient (Wildman–Crippen LogP) is -0.492. The van der Waals surface area contributed by atoms with Crippen LogP contribution in [0.3, 0.4) is 0 Å². The standard InChI is InChI=1S/C3H9N.O2S/c1-4(2)3;1-3-2/h1-3H3;. The Morgan fingerprint density at radius 3 is 1.14 bits per heavy atom. The normalized spacial score (nSPS) is 6.86. The molecule has 4 heteroatoms. The van der Waals surface area contributed by atoms with E-state index in [2.05, 4.69) is 0 Å². The molecule has 3 nitrogen and oxygen atoms in total. The van der Waals surface area contributed by atoms with Gasteiger partial charge in [0.05, 0.1) is 0 Å². The molecule has 44 valence electrons. The average molecular weight is 123 g/mol. The van der Waals surface area contributed by atoms with Gasteiger partial charge in [0.15, 0.2) is 0 Å². The van der Waals surface area contributed by atoms with Gasteiger partial charge in [0, 0.05) is 0 Å². The molecule has 0 unspecified atom stereocenters. The highest BCUT2D eigenvalue weighted by molar-refractivity contribution is 7.51. The molecule has 0 radical (unpaired) electrons. The van der Waals surface area contributed by atoms with Gasteiger partial charge in [-0.25, -0.2) is 0 Å². The Kier molecular flexibility index (Phi) is 13.1. The van der Waals surface area contributed by atoms with E-state index in [1.807, 2.05) is 26.0 Å². The van der Waals surface area contributed by atoms with Crippen molar-refractivity contribution in [2.75, 3.05) is 21.1 Å². The molecule has 0 atom stereocenters. The molecule has 0 spiro atoms. The van der Waals surface area contributed by atoms with Gasteiger partial charge in [-0.2, -0.15) is 8.42 Å². The van der Waals surface area contributed by atoms with E-state index >= 15 is 0 Å². The highest BCUT2D eigenvalue weighted by atomic mass is 32.1. The van der Waals surface area contributed by atoms with Gasteiger partial charge in [-0.3, -0.25) is 0 Å². The molecule has 0 aromatic carbocycles. The summed E-state index contributed by atoms with van der Waals surface area (Å²) in [6.07, 6.45) is 0. The third-order valence-corrected chi connectivity index (χ3v) is 0. The molecule has 0 saturated heterocycles. The minimum Gasteiger partial charge on any atom is -0.312 e. The van der Waals surface area contributed by atoms with Crippen molar-refractivity contribution in [3.63, 3.8) is 0 Å². The Morgan fingerprint density at radius 1 is 1.14 bits per heavy atom. The Balaban J connectivity index is 0. The first kappa shape index (κ1) is 9.91. The van der Waals surface area contributed by atoms with Crippen molar-refractivity contribution in [1.29, 1.82) is 0 Å². The third kappa shape index (κ3) is 1710. The lowest BCUT2D eigenvalue weighted by atomic mass is 11.0.